The van der Waals surface area contributed by atoms with Crippen molar-refractivity contribution in [1.82, 2.24) is 10.2 Å². The van der Waals surface area contributed by atoms with Crippen LogP contribution in [0.25, 0.3) is 0 Å². The monoisotopic (exact) mass is 160 g/mol. The van der Waals surface area contributed by atoms with Gasteiger partial charge in [-0.2, -0.15) is 12.6 Å². The first kappa shape index (κ1) is 8.37. The molecule has 0 aliphatic carbocycles. The molecule has 1 atom stereocenters. The quantitative estimate of drug-likeness (QED) is 0.545. The maximum atomic E-state index is 4.39. The zero-order chi connectivity index (χ0) is 7.40. The highest BCUT2D eigenvalue weighted by atomic mass is 32.1. The van der Waals surface area contributed by atoms with Crippen molar-refractivity contribution >= 4 is 12.6 Å². The molecular formula is C7H16N2S. The van der Waals surface area contributed by atoms with Crippen LogP contribution in [0.3, 0.4) is 0 Å². The van der Waals surface area contributed by atoms with Crippen molar-refractivity contribution in [2.45, 2.75) is 18.7 Å². The molecule has 1 heterocycles. The molecule has 0 saturated carbocycles. The summed E-state index contributed by atoms with van der Waals surface area (Å²) in [5.74, 6) is 0. The second-order valence-corrected chi connectivity index (χ2v) is 3.52. The molecule has 1 fully saturated rings. The topological polar surface area (TPSA) is 15.3 Å². The van der Waals surface area contributed by atoms with Gasteiger partial charge in [-0.1, -0.05) is 0 Å². The second kappa shape index (κ2) is 4.21. The predicted molar refractivity (Wildman–Crippen MR) is 47.5 cm³/mol. The van der Waals surface area contributed by atoms with E-state index < -0.39 is 0 Å². The Hall–Kier alpha value is 0.270. The van der Waals surface area contributed by atoms with Crippen molar-refractivity contribution in [3.8, 4) is 0 Å². The molecule has 0 aromatic rings. The van der Waals surface area contributed by atoms with Crippen LogP contribution in [0.2, 0.25) is 0 Å². The number of nitrogens with zero attached hydrogens (tertiary/aromatic N) is 1. The van der Waals surface area contributed by atoms with Crippen LogP contribution >= 0.6 is 12.6 Å². The summed E-state index contributed by atoms with van der Waals surface area (Å²) in [4.78, 5) is 2.39. The Balaban J connectivity index is 2.28. The van der Waals surface area contributed by atoms with E-state index in [9.17, 15) is 0 Å². The van der Waals surface area contributed by atoms with Crippen molar-refractivity contribution in [3.05, 3.63) is 0 Å². The number of hydrogen-bond acceptors (Lipinski definition) is 3. The zero-order valence-corrected chi connectivity index (χ0v) is 7.40. The lowest BCUT2D eigenvalue weighted by atomic mass is 10.4. The first-order valence-corrected chi connectivity index (χ1v) is 4.45. The van der Waals surface area contributed by atoms with E-state index in [2.05, 4.69) is 29.8 Å². The summed E-state index contributed by atoms with van der Waals surface area (Å²) in [7, 11) is 0. The molecular weight excluding hydrogens is 144 g/mol. The van der Waals surface area contributed by atoms with Gasteiger partial charge in [0.15, 0.2) is 0 Å². The maximum absolute atomic E-state index is 4.39. The largest absolute Gasteiger partial charge is 0.315 e. The van der Waals surface area contributed by atoms with E-state index in [0.717, 1.165) is 19.6 Å². The van der Waals surface area contributed by atoms with E-state index >= 15 is 0 Å². The third kappa shape index (κ3) is 2.48. The van der Waals surface area contributed by atoms with Crippen molar-refractivity contribution in [2.24, 2.45) is 0 Å². The molecule has 1 rings (SSSR count). The van der Waals surface area contributed by atoms with Crippen molar-refractivity contribution in [1.29, 1.82) is 0 Å². The lowest BCUT2D eigenvalue weighted by Crippen LogP contribution is -2.32. The average molecular weight is 160 g/mol. The molecule has 10 heavy (non-hydrogen) atoms. The third-order valence-corrected chi connectivity index (χ3v) is 2.23. The third-order valence-electron chi connectivity index (χ3n) is 1.90. The number of hydrogen-bond donors (Lipinski definition) is 2. The van der Waals surface area contributed by atoms with E-state index in [-0.39, 0.29) is 0 Å². The first-order valence-electron chi connectivity index (χ1n) is 3.93. The Morgan fingerprint density at radius 3 is 2.90 bits per heavy atom. The molecule has 1 N–H and O–H groups in total. The summed E-state index contributed by atoms with van der Waals surface area (Å²) in [5.41, 5.74) is 0. The lowest BCUT2D eigenvalue weighted by Gasteiger charge is -2.22. The van der Waals surface area contributed by atoms with Crippen LogP contribution in [0.5, 0.6) is 0 Å². The maximum Gasteiger partial charge on any atom is 0.0499 e. The molecule has 0 aromatic carbocycles. The molecule has 1 saturated heterocycles. The van der Waals surface area contributed by atoms with Crippen LogP contribution in [0.15, 0.2) is 0 Å². The summed E-state index contributed by atoms with van der Waals surface area (Å²) in [6.07, 6.45) is 1.25. The molecule has 0 radical (unpaired) electrons. The highest BCUT2D eigenvalue weighted by Gasteiger charge is 2.10. The Bertz CT molecular complexity index is 87.6. The molecule has 0 bridgehead atoms. The van der Waals surface area contributed by atoms with E-state index in [1.54, 1.807) is 0 Å². The number of thiol groups is 1. The molecule has 1 aliphatic heterocycles. The van der Waals surface area contributed by atoms with Crippen LogP contribution in [0, 0.1) is 0 Å². The summed E-state index contributed by atoms with van der Waals surface area (Å²) in [6.45, 7) is 6.75. The van der Waals surface area contributed by atoms with Crippen LogP contribution in [-0.4, -0.2) is 36.5 Å². The van der Waals surface area contributed by atoms with Gasteiger partial charge in [-0.3, -0.25) is 4.90 Å². The van der Waals surface area contributed by atoms with E-state index in [0.29, 0.717) is 5.37 Å². The van der Waals surface area contributed by atoms with Crippen molar-refractivity contribution in [3.63, 3.8) is 0 Å². The van der Waals surface area contributed by atoms with Gasteiger partial charge in [0, 0.05) is 25.0 Å². The molecule has 0 amide bonds. The van der Waals surface area contributed by atoms with Gasteiger partial charge in [-0.05, 0) is 19.9 Å². The van der Waals surface area contributed by atoms with Crippen LogP contribution in [0.4, 0.5) is 0 Å². The van der Waals surface area contributed by atoms with E-state index in [1.807, 2.05) is 0 Å². The standard InChI is InChI=1S/C7H16N2S/c1-7(10)9-5-2-3-8-4-6-9/h7-8,10H,2-6H2,1H3. The molecule has 1 unspecified atom stereocenters. The smallest absolute Gasteiger partial charge is 0.0499 e. The predicted octanol–water partition coefficient (Wildman–Crippen LogP) is 0.557. The van der Waals surface area contributed by atoms with E-state index in [4.69, 9.17) is 0 Å². The highest BCUT2D eigenvalue weighted by Crippen LogP contribution is 2.04. The molecule has 0 aromatic heterocycles. The fourth-order valence-corrected chi connectivity index (χ4v) is 1.47. The van der Waals surface area contributed by atoms with Gasteiger partial charge >= 0.3 is 0 Å². The lowest BCUT2D eigenvalue weighted by molar-refractivity contribution is 0.287. The highest BCUT2D eigenvalue weighted by molar-refractivity contribution is 7.80. The van der Waals surface area contributed by atoms with Crippen molar-refractivity contribution < 1.29 is 0 Å². The van der Waals surface area contributed by atoms with Crippen LogP contribution < -0.4 is 5.32 Å². The summed E-state index contributed by atoms with van der Waals surface area (Å²) < 4.78 is 0. The fraction of sp³-hybridized carbons (Fsp3) is 1.00. The fourth-order valence-electron chi connectivity index (χ4n) is 1.24. The minimum atomic E-state index is 0.417. The Labute approximate surface area is 68.4 Å². The Morgan fingerprint density at radius 2 is 2.20 bits per heavy atom. The molecule has 0 spiro atoms. The Morgan fingerprint density at radius 1 is 1.40 bits per heavy atom. The van der Waals surface area contributed by atoms with Gasteiger partial charge in [0.2, 0.25) is 0 Å². The van der Waals surface area contributed by atoms with Gasteiger partial charge in [-0.25, -0.2) is 0 Å². The summed E-state index contributed by atoms with van der Waals surface area (Å²) in [6, 6.07) is 0. The van der Waals surface area contributed by atoms with Crippen molar-refractivity contribution in [2.75, 3.05) is 26.2 Å². The number of nitrogens with one attached hydrogen (secondary N) is 1. The normalized spacial score (nSPS) is 25.8. The minimum Gasteiger partial charge on any atom is -0.315 e. The van der Waals surface area contributed by atoms with Gasteiger partial charge in [0.25, 0.3) is 0 Å². The minimum absolute atomic E-state index is 0.417. The van der Waals surface area contributed by atoms with Gasteiger partial charge in [0.1, 0.15) is 0 Å². The zero-order valence-electron chi connectivity index (χ0n) is 6.51. The van der Waals surface area contributed by atoms with Gasteiger partial charge in [-0.15, -0.1) is 0 Å². The molecule has 3 heteroatoms. The molecule has 1 aliphatic rings. The summed E-state index contributed by atoms with van der Waals surface area (Å²) in [5, 5.41) is 3.77. The average Bonchev–Trinajstić information content (AvgIpc) is 2.12. The number of rotatable bonds is 1. The summed E-state index contributed by atoms with van der Waals surface area (Å²) >= 11 is 4.39. The molecule has 2 nitrogen and oxygen atoms in total. The second-order valence-electron chi connectivity index (χ2n) is 2.77. The Kier molecular flexibility index (Phi) is 3.52. The first-order chi connectivity index (χ1) is 4.80. The SMILES string of the molecule is CC(S)N1CCCNCC1. The van der Waals surface area contributed by atoms with E-state index in [1.165, 1.54) is 13.0 Å². The molecule has 60 valence electrons. The van der Waals surface area contributed by atoms with Crippen LogP contribution in [0.1, 0.15) is 13.3 Å². The van der Waals surface area contributed by atoms with Crippen LogP contribution in [-0.2, 0) is 0 Å². The van der Waals surface area contributed by atoms with Gasteiger partial charge in [0.05, 0.1) is 0 Å². The van der Waals surface area contributed by atoms with Gasteiger partial charge < -0.3 is 5.32 Å².